The lowest BCUT2D eigenvalue weighted by Crippen LogP contribution is -2.31. The first kappa shape index (κ1) is 21.9. The van der Waals surface area contributed by atoms with Gasteiger partial charge < -0.3 is 14.0 Å². The fraction of sp³-hybridized carbons (Fsp3) is 0.148. The van der Waals surface area contributed by atoms with Gasteiger partial charge in [0.1, 0.15) is 5.75 Å². The molecule has 0 aliphatic heterocycles. The first-order chi connectivity index (χ1) is 15.6. The van der Waals surface area contributed by atoms with E-state index in [0.29, 0.717) is 18.8 Å². The predicted octanol–water partition coefficient (Wildman–Crippen LogP) is 6.46. The average Bonchev–Trinajstić information content (AvgIpc) is 3.30. The number of carbonyl (C=O) groups excluding carboxylic acids is 1. The van der Waals surface area contributed by atoms with Crippen molar-refractivity contribution in [3.63, 3.8) is 0 Å². The minimum absolute atomic E-state index is 0.319. The molecule has 0 amide bonds. The molecule has 4 nitrogen and oxygen atoms in total. The monoisotopic (exact) mass is 489 g/mol. The Kier molecular flexibility index (Phi) is 7.07. The molecule has 32 heavy (non-hydrogen) atoms. The van der Waals surface area contributed by atoms with Gasteiger partial charge in [-0.3, -0.25) is 0 Å². The van der Waals surface area contributed by atoms with E-state index in [1.165, 1.54) is 0 Å². The van der Waals surface area contributed by atoms with Crippen LogP contribution in [-0.4, -0.2) is 23.2 Å². The highest BCUT2D eigenvalue weighted by Gasteiger charge is 2.22. The SMILES string of the molecule is CCOC(=O)[C@@H](Cc1ccccc1)Oc1ccc(-c2cccn2-c2ccc(Br)cc2)cc1. The quantitative estimate of drug-likeness (QED) is 0.266. The number of halogens is 1. The topological polar surface area (TPSA) is 40.5 Å². The van der Waals surface area contributed by atoms with Gasteiger partial charge in [0.05, 0.1) is 12.3 Å². The highest BCUT2D eigenvalue weighted by molar-refractivity contribution is 9.10. The smallest absolute Gasteiger partial charge is 0.347 e. The molecule has 0 saturated carbocycles. The summed E-state index contributed by atoms with van der Waals surface area (Å²) in [5, 5.41) is 0. The van der Waals surface area contributed by atoms with E-state index in [9.17, 15) is 4.79 Å². The summed E-state index contributed by atoms with van der Waals surface area (Å²) in [6, 6.07) is 29.9. The van der Waals surface area contributed by atoms with Gasteiger partial charge in [0, 0.05) is 22.8 Å². The van der Waals surface area contributed by atoms with E-state index in [0.717, 1.165) is 27.0 Å². The molecular formula is C27H24BrNO3. The number of rotatable bonds is 8. The fourth-order valence-corrected chi connectivity index (χ4v) is 3.81. The maximum atomic E-state index is 12.5. The second-order valence-electron chi connectivity index (χ2n) is 7.31. The number of carbonyl (C=O) groups is 1. The summed E-state index contributed by atoms with van der Waals surface area (Å²) in [5.41, 5.74) is 4.24. The molecule has 0 aliphatic carbocycles. The van der Waals surface area contributed by atoms with E-state index in [2.05, 4.69) is 38.7 Å². The molecule has 162 valence electrons. The van der Waals surface area contributed by atoms with Gasteiger partial charge in [0.25, 0.3) is 0 Å². The van der Waals surface area contributed by atoms with Gasteiger partial charge in [-0.1, -0.05) is 46.3 Å². The highest BCUT2D eigenvalue weighted by Crippen LogP contribution is 2.27. The largest absolute Gasteiger partial charge is 0.478 e. The molecule has 0 saturated heterocycles. The Labute approximate surface area is 196 Å². The fourth-order valence-electron chi connectivity index (χ4n) is 3.55. The maximum Gasteiger partial charge on any atom is 0.347 e. The molecule has 0 radical (unpaired) electrons. The molecule has 1 atom stereocenters. The summed E-state index contributed by atoms with van der Waals surface area (Å²) in [7, 11) is 0. The Balaban J connectivity index is 1.53. The Morgan fingerprint density at radius 2 is 1.62 bits per heavy atom. The lowest BCUT2D eigenvalue weighted by atomic mass is 10.1. The van der Waals surface area contributed by atoms with Crippen molar-refractivity contribution in [3.8, 4) is 22.7 Å². The first-order valence-corrected chi connectivity index (χ1v) is 11.3. The molecule has 0 unspecified atom stereocenters. The zero-order valence-corrected chi connectivity index (χ0v) is 19.4. The van der Waals surface area contributed by atoms with Gasteiger partial charge in [-0.25, -0.2) is 4.79 Å². The van der Waals surface area contributed by atoms with Gasteiger partial charge >= 0.3 is 5.97 Å². The maximum absolute atomic E-state index is 12.5. The summed E-state index contributed by atoms with van der Waals surface area (Å²) in [6.45, 7) is 2.12. The number of benzene rings is 3. The summed E-state index contributed by atoms with van der Waals surface area (Å²) in [4.78, 5) is 12.5. The standard InChI is InChI=1S/C27H24BrNO3/c1-2-31-27(30)26(19-20-7-4-3-5-8-20)32-24-16-10-21(11-17-24)25-9-6-18-29(25)23-14-12-22(28)13-15-23/h3-18,26H,2,19H2,1H3/t26-/m1/s1. The summed E-state index contributed by atoms with van der Waals surface area (Å²) in [6.07, 6.45) is 1.79. The van der Waals surface area contributed by atoms with Crippen molar-refractivity contribution in [1.29, 1.82) is 0 Å². The number of esters is 1. The molecule has 0 fully saturated rings. The second kappa shape index (κ2) is 10.3. The van der Waals surface area contributed by atoms with Crippen molar-refractivity contribution in [3.05, 3.63) is 107 Å². The zero-order chi connectivity index (χ0) is 22.3. The lowest BCUT2D eigenvalue weighted by molar-refractivity contribution is -0.151. The van der Waals surface area contributed by atoms with Crippen molar-refractivity contribution in [2.45, 2.75) is 19.4 Å². The molecule has 0 N–H and O–H groups in total. The van der Waals surface area contributed by atoms with E-state index in [4.69, 9.17) is 9.47 Å². The molecule has 0 spiro atoms. The minimum atomic E-state index is -0.699. The van der Waals surface area contributed by atoms with E-state index in [-0.39, 0.29) is 5.97 Å². The van der Waals surface area contributed by atoms with E-state index >= 15 is 0 Å². The minimum Gasteiger partial charge on any atom is -0.478 e. The Morgan fingerprint density at radius 1 is 0.906 bits per heavy atom. The van der Waals surface area contributed by atoms with Crippen molar-refractivity contribution >= 4 is 21.9 Å². The summed E-state index contributed by atoms with van der Waals surface area (Å²) >= 11 is 3.48. The summed E-state index contributed by atoms with van der Waals surface area (Å²) in [5.74, 6) is 0.272. The van der Waals surface area contributed by atoms with E-state index in [1.54, 1.807) is 6.92 Å². The van der Waals surface area contributed by atoms with Crippen molar-refractivity contribution in [2.24, 2.45) is 0 Å². The van der Waals surface area contributed by atoms with Crippen LogP contribution in [0.4, 0.5) is 0 Å². The lowest BCUT2D eigenvalue weighted by Gasteiger charge is -2.18. The van der Waals surface area contributed by atoms with E-state index < -0.39 is 6.10 Å². The van der Waals surface area contributed by atoms with Gasteiger partial charge in [0.2, 0.25) is 0 Å². The average molecular weight is 490 g/mol. The third-order valence-corrected chi connectivity index (χ3v) is 5.62. The molecular weight excluding hydrogens is 466 g/mol. The third-order valence-electron chi connectivity index (χ3n) is 5.10. The molecule has 4 rings (SSSR count). The van der Waals surface area contributed by atoms with Gasteiger partial charge in [0.15, 0.2) is 6.10 Å². The van der Waals surface area contributed by atoms with Crippen LogP contribution in [0.5, 0.6) is 5.75 Å². The highest BCUT2D eigenvalue weighted by atomic mass is 79.9. The van der Waals surface area contributed by atoms with Crippen molar-refractivity contribution in [1.82, 2.24) is 4.57 Å². The molecule has 3 aromatic carbocycles. The summed E-state index contributed by atoms with van der Waals surface area (Å²) < 4.78 is 14.5. The van der Waals surface area contributed by atoms with Crippen LogP contribution >= 0.6 is 15.9 Å². The van der Waals surface area contributed by atoms with Crippen molar-refractivity contribution in [2.75, 3.05) is 6.61 Å². The zero-order valence-electron chi connectivity index (χ0n) is 17.8. The van der Waals surface area contributed by atoms with Crippen LogP contribution in [0.3, 0.4) is 0 Å². The predicted molar refractivity (Wildman–Crippen MR) is 130 cm³/mol. The van der Waals surface area contributed by atoms with Gasteiger partial charge in [-0.2, -0.15) is 0 Å². The Bertz CT molecular complexity index is 1150. The molecule has 1 heterocycles. The van der Waals surface area contributed by atoms with Crippen molar-refractivity contribution < 1.29 is 14.3 Å². The molecule has 4 aromatic rings. The molecule has 0 bridgehead atoms. The van der Waals surface area contributed by atoms with Crippen LogP contribution in [0.15, 0.2) is 102 Å². The van der Waals surface area contributed by atoms with Crippen LogP contribution in [-0.2, 0) is 16.0 Å². The molecule has 0 aliphatic rings. The number of aromatic nitrogens is 1. The third kappa shape index (κ3) is 5.29. The van der Waals surface area contributed by atoms with Crippen LogP contribution < -0.4 is 4.74 Å². The Hall–Kier alpha value is -3.31. The number of hydrogen-bond donors (Lipinski definition) is 0. The second-order valence-corrected chi connectivity index (χ2v) is 8.23. The van der Waals surface area contributed by atoms with Crippen LogP contribution in [0, 0.1) is 0 Å². The number of hydrogen-bond acceptors (Lipinski definition) is 3. The van der Waals surface area contributed by atoms with Gasteiger partial charge in [-0.05, 0) is 78.7 Å². The molecule has 5 heteroatoms. The number of ether oxygens (including phenoxy) is 2. The Morgan fingerprint density at radius 3 is 2.31 bits per heavy atom. The molecule has 1 aromatic heterocycles. The number of nitrogens with zero attached hydrogens (tertiary/aromatic N) is 1. The van der Waals surface area contributed by atoms with E-state index in [1.807, 2.05) is 79.0 Å². The first-order valence-electron chi connectivity index (χ1n) is 10.5. The van der Waals surface area contributed by atoms with Crippen LogP contribution in [0.25, 0.3) is 16.9 Å². The van der Waals surface area contributed by atoms with Gasteiger partial charge in [-0.15, -0.1) is 0 Å². The van der Waals surface area contributed by atoms with Crippen LogP contribution in [0.1, 0.15) is 12.5 Å². The van der Waals surface area contributed by atoms with Crippen LogP contribution in [0.2, 0.25) is 0 Å². The normalized spacial score (nSPS) is 11.7.